The molecule has 2 aromatic heterocycles. The summed E-state index contributed by atoms with van der Waals surface area (Å²) in [6, 6.07) is 9.22. The topological polar surface area (TPSA) is 73.3 Å². The Bertz CT molecular complexity index is 840. The van der Waals surface area contributed by atoms with Gasteiger partial charge in [0.15, 0.2) is 0 Å². The number of hydrogen-bond donors (Lipinski definition) is 1. The van der Waals surface area contributed by atoms with Crippen molar-refractivity contribution < 1.29 is 0 Å². The predicted molar refractivity (Wildman–Crippen MR) is 86.9 cm³/mol. The largest absolute Gasteiger partial charge is 0.398 e. The summed E-state index contributed by atoms with van der Waals surface area (Å²) in [6.45, 7) is 2.01. The smallest absolute Gasteiger partial charge is 0.275 e. The van der Waals surface area contributed by atoms with Gasteiger partial charge in [0.1, 0.15) is 5.01 Å². The molecule has 0 bridgehead atoms. The van der Waals surface area contributed by atoms with E-state index in [0.717, 1.165) is 27.7 Å². The van der Waals surface area contributed by atoms with E-state index < -0.39 is 0 Å². The molecule has 0 saturated carbocycles. The van der Waals surface area contributed by atoms with Crippen molar-refractivity contribution in [3.63, 3.8) is 0 Å². The Labute approximate surface area is 129 Å². The number of aromatic nitrogens is 3. The zero-order valence-corrected chi connectivity index (χ0v) is 13.1. The third-order valence-corrected chi connectivity index (χ3v) is 5.11. The van der Waals surface area contributed by atoms with Crippen LogP contribution >= 0.6 is 23.1 Å². The van der Waals surface area contributed by atoms with Crippen LogP contribution in [0.4, 0.5) is 5.69 Å². The van der Waals surface area contributed by atoms with Gasteiger partial charge >= 0.3 is 0 Å². The number of nitrogen functional groups attached to an aromatic ring is 1. The fraction of sp³-hybridized carbons (Fsp3) is 0.214. The second-order valence-electron chi connectivity index (χ2n) is 4.46. The lowest BCUT2D eigenvalue weighted by Gasteiger charge is -2.04. The predicted octanol–water partition coefficient (Wildman–Crippen LogP) is 2.59. The van der Waals surface area contributed by atoms with E-state index >= 15 is 0 Å². The van der Waals surface area contributed by atoms with Crippen LogP contribution in [0.25, 0.3) is 4.96 Å². The third kappa shape index (κ3) is 2.93. The zero-order valence-electron chi connectivity index (χ0n) is 11.4. The van der Waals surface area contributed by atoms with Gasteiger partial charge in [0.2, 0.25) is 4.96 Å². The Morgan fingerprint density at radius 1 is 1.38 bits per heavy atom. The standard InChI is InChI=1S/C14H14N4OS2/c1-2-12-17-18-13(19)7-9(16-14(18)21-12)8-20-11-6-4-3-5-10(11)15/h3-7H,2,8,15H2,1H3. The lowest BCUT2D eigenvalue weighted by Crippen LogP contribution is -2.15. The van der Waals surface area contributed by atoms with Gasteiger partial charge in [-0.15, -0.1) is 11.8 Å². The van der Waals surface area contributed by atoms with Crippen molar-refractivity contribution in [3.05, 3.63) is 51.4 Å². The molecule has 2 N–H and O–H groups in total. The average Bonchev–Trinajstić information content (AvgIpc) is 2.90. The molecule has 0 aliphatic heterocycles. The first-order chi connectivity index (χ1) is 10.2. The molecule has 21 heavy (non-hydrogen) atoms. The molecule has 0 aliphatic carbocycles. The molecule has 2 heterocycles. The number of benzene rings is 1. The van der Waals surface area contributed by atoms with Crippen molar-refractivity contribution in [2.24, 2.45) is 0 Å². The van der Waals surface area contributed by atoms with Crippen LogP contribution in [0.1, 0.15) is 17.6 Å². The summed E-state index contributed by atoms with van der Waals surface area (Å²) in [4.78, 5) is 18.2. The van der Waals surface area contributed by atoms with Crippen molar-refractivity contribution >= 4 is 33.7 Å². The molecule has 108 valence electrons. The first kappa shape index (κ1) is 14.1. The number of rotatable bonds is 4. The maximum Gasteiger partial charge on any atom is 0.275 e. The van der Waals surface area contributed by atoms with E-state index in [4.69, 9.17) is 5.73 Å². The van der Waals surface area contributed by atoms with Crippen LogP contribution in [-0.4, -0.2) is 14.6 Å². The van der Waals surface area contributed by atoms with Crippen molar-refractivity contribution in [2.45, 2.75) is 24.0 Å². The summed E-state index contributed by atoms with van der Waals surface area (Å²) in [5.41, 5.74) is 7.27. The van der Waals surface area contributed by atoms with Crippen molar-refractivity contribution in [1.82, 2.24) is 14.6 Å². The molecule has 0 amide bonds. The maximum absolute atomic E-state index is 12.0. The molecular weight excluding hydrogens is 304 g/mol. The van der Waals surface area contributed by atoms with E-state index in [1.54, 1.807) is 11.8 Å². The molecule has 0 fully saturated rings. The number of anilines is 1. The molecule has 0 radical (unpaired) electrons. The van der Waals surface area contributed by atoms with Gasteiger partial charge in [-0.05, 0) is 18.6 Å². The SMILES string of the molecule is CCc1nn2c(=O)cc(CSc3ccccc3N)nc2s1. The minimum atomic E-state index is -0.132. The van der Waals surface area contributed by atoms with E-state index in [9.17, 15) is 4.79 Å². The van der Waals surface area contributed by atoms with Gasteiger partial charge in [0, 0.05) is 22.4 Å². The molecule has 1 aromatic carbocycles. The number of aryl methyl sites for hydroxylation is 1. The number of hydrogen-bond acceptors (Lipinski definition) is 6. The van der Waals surface area contributed by atoms with Crippen LogP contribution in [-0.2, 0) is 12.2 Å². The highest BCUT2D eigenvalue weighted by molar-refractivity contribution is 7.98. The van der Waals surface area contributed by atoms with Crippen LogP contribution in [0, 0.1) is 0 Å². The van der Waals surface area contributed by atoms with Crippen molar-refractivity contribution in [3.8, 4) is 0 Å². The van der Waals surface area contributed by atoms with Crippen LogP contribution in [0.15, 0.2) is 40.0 Å². The number of para-hydroxylation sites is 1. The quantitative estimate of drug-likeness (QED) is 0.591. The number of fused-ring (bicyclic) bond motifs is 1. The Morgan fingerprint density at radius 3 is 2.95 bits per heavy atom. The molecule has 3 aromatic rings. The summed E-state index contributed by atoms with van der Waals surface area (Å²) < 4.78 is 1.37. The Balaban J connectivity index is 1.87. The normalized spacial score (nSPS) is 11.1. The average molecular weight is 318 g/mol. The maximum atomic E-state index is 12.0. The lowest BCUT2D eigenvalue weighted by atomic mass is 10.3. The van der Waals surface area contributed by atoms with E-state index in [1.807, 2.05) is 31.2 Å². The highest BCUT2D eigenvalue weighted by Crippen LogP contribution is 2.27. The summed E-state index contributed by atoms with van der Waals surface area (Å²) in [7, 11) is 0. The van der Waals surface area contributed by atoms with Crippen molar-refractivity contribution in [2.75, 3.05) is 5.73 Å². The van der Waals surface area contributed by atoms with Gasteiger partial charge in [0.25, 0.3) is 5.56 Å². The zero-order chi connectivity index (χ0) is 14.8. The summed E-state index contributed by atoms with van der Waals surface area (Å²) in [5.74, 6) is 0.610. The van der Waals surface area contributed by atoms with Crippen molar-refractivity contribution in [1.29, 1.82) is 0 Å². The van der Waals surface area contributed by atoms with E-state index in [1.165, 1.54) is 21.9 Å². The number of nitrogens with zero attached hydrogens (tertiary/aromatic N) is 3. The van der Waals surface area contributed by atoms with E-state index in [-0.39, 0.29) is 5.56 Å². The minimum Gasteiger partial charge on any atom is -0.398 e. The molecule has 0 saturated heterocycles. The lowest BCUT2D eigenvalue weighted by molar-refractivity contribution is 0.852. The summed E-state index contributed by atoms with van der Waals surface area (Å²) in [6.07, 6.45) is 0.804. The van der Waals surface area contributed by atoms with Gasteiger partial charge in [-0.3, -0.25) is 4.79 Å². The Morgan fingerprint density at radius 2 is 2.19 bits per heavy atom. The van der Waals surface area contributed by atoms with E-state index in [2.05, 4.69) is 10.1 Å². The molecule has 0 atom stereocenters. The van der Waals surface area contributed by atoms with Gasteiger partial charge in [-0.1, -0.05) is 30.4 Å². The Hall–Kier alpha value is -1.86. The van der Waals surface area contributed by atoms with Crippen LogP contribution in [0.2, 0.25) is 0 Å². The van der Waals surface area contributed by atoms with Gasteiger partial charge in [-0.2, -0.15) is 9.61 Å². The van der Waals surface area contributed by atoms with Gasteiger partial charge < -0.3 is 5.73 Å². The molecule has 3 rings (SSSR count). The summed E-state index contributed by atoms with van der Waals surface area (Å²) >= 11 is 3.04. The van der Waals surface area contributed by atoms with E-state index in [0.29, 0.717) is 10.7 Å². The first-order valence-corrected chi connectivity index (χ1v) is 8.33. The van der Waals surface area contributed by atoms with Crippen LogP contribution < -0.4 is 11.3 Å². The molecule has 0 aliphatic rings. The fourth-order valence-electron chi connectivity index (χ4n) is 1.88. The van der Waals surface area contributed by atoms with Gasteiger partial charge in [0.05, 0.1) is 5.69 Å². The number of thioether (sulfide) groups is 1. The van der Waals surface area contributed by atoms with Crippen LogP contribution in [0.3, 0.4) is 0 Å². The second kappa shape index (κ2) is 5.87. The summed E-state index contributed by atoms with van der Waals surface area (Å²) in [5, 5.41) is 5.15. The molecule has 5 nitrogen and oxygen atoms in total. The fourth-order valence-corrected chi connectivity index (χ4v) is 3.59. The molecule has 0 unspecified atom stereocenters. The Kier molecular flexibility index (Phi) is 3.94. The first-order valence-electron chi connectivity index (χ1n) is 6.53. The molecule has 0 spiro atoms. The van der Waals surface area contributed by atoms with Crippen LogP contribution in [0.5, 0.6) is 0 Å². The number of nitrogens with two attached hydrogens (primary N) is 1. The minimum absolute atomic E-state index is 0.132. The molecule has 7 heteroatoms. The highest BCUT2D eigenvalue weighted by atomic mass is 32.2. The second-order valence-corrected chi connectivity index (χ2v) is 6.51. The third-order valence-electron chi connectivity index (χ3n) is 2.94. The monoisotopic (exact) mass is 318 g/mol. The van der Waals surface area contributed by atoms with Gasteiger partial charge in [-0.25, -0.2) is 4.98 Å². The molecular formula is C14H14N4OS2. The highest BCUT2D eigenvalue weighted by Gasteiger charge is 2.08.